The molecule has 21 heavy (non-hydrogen) atoms. The number of hydrogen-bond donors (Lipinski definition) is 2. The van der Waals surface area contributed by atoms with Crippen molar-refractivity contribution >= 4 is 23.0 Å². The first kappa shape index (κ1) is 14.6. The van der Waals surface area contributed by atoms with Crippen molar-refractivity contribution < 1.29 is 4.92 Å². The third kappa shape index (κ3) is 3.14. The van der Waals surface area contributed by atoms with Crippen molar-refractivity contribution in [3.8, 4) is 0 Å². The molecule has 2 N–H and O–H groups in total. The molecule has 1 heterocycles. The van der Waals surface area contributed by atoms with Crippen LogP contribution < -0.4 is 10.6 Å². The van der Waals surface area contributed by atoms with Crippen molar-refractivity contribution in [1.29, 1.82) is 0 Å². The van der Waals surface area contributed by atoms with E-state index in [0.29, 0.717) is 28.7 Å². The highest BCUT2D eigenvalue weighted by molar-refractivity contribution is 6.33. The van der Waals surface area contributed by atoms with Crippen LogP contribution in [-0.2, 0) is 0 Å². The molecule has 1 aromatic carbocycles. The van der Waals surface area contributed by atoms with E-state index in [1.54, 1.807) is 12.1 Å². The molecule has 1 saturated heterocycles. The summed E-state index contributed by atoms with van der Waals surface area (Å²) in [5.74, 6) is 0.586. The lowest BCUT2D eigenvalue weighted by Gasteiger charge is -2.27. The zero-order chi connectivity index (χ0) is 14.8. The van der Waals surface area contributed by atoms with Crippen molar-refractivity contribution in [2.75, 3.05) is 11.9 Å². The minimum Gasteiger partial charge on any atom is -0.381 e. The lowest BCUT2D eigenvalue weighted by Crippen LogP contribution is -2.38. The first-order valence-electron chi connectivity index (χ1n) is 7.59. The maximum atomic E-state index is 10.9. The van der Waals surface area contributed by atoms with E-state index >= 15 is 0 Å². The highest BCUT2D eigenvalue weighted by Crippen LogP contribution is 2.36. The molecule has 1 aliphatic heterocycles. The van der Waals surface area contributed by atoms with E-state index in [2.05, 4.69) is 10.6 Å². The van der Waals surface area contributed by atoms with E-state index in [1.165, 1.54) is 31.7 Å². The maximum absolute atomic E-state index is 10.9. The molecule has 0 spiro atoms. The third-order valence-corrected chi connectivity index (χ3v) is 5.02. The highest BCUT2D eigenvalue weighted by Gasteiger charge is 2.35. The van der Waals surface area contributed by atoms with Crippen LogP contribution in [0.15, 0.2) is 18.2 Å². The number of benzene rings is 1. The average Bonchev–Trinajstić information content (AvgIpc) is 3.11. The Kier molecular flexibility index (Phi) is 4.31. The van der Waals surface area contributed by atoms with Gasteiger partial charge in [-0.15, -0.1) is 0 Å². The predicted octanol–water partition coefficient (Wildman–Crippen LogP) is 3.58. The van der Waals surface area contributed by atoms with E-state index in [1.807, 2.05) is 0 Å². The fraction of sp³-hybridized carbons (Fsp3) is 0.600. The van der Waals surface area contributed by atoms with Gasteiger partial charge >= 0.3 is 0 Å². The average molecular weight is 310 g/mol. The van der Waals surface area contributed by atoms with Crippen LogP contribution in [0.25, 0.3) is 0 Å². The summed E-state index contributed by atoms with van der Waals surface area (Å²) < 4.78 is 0. The molecule has 2 aliphatic rings. The molecule has 0 aromatic heterocycles. The minimum atomic E-state index is -0.383. The predicted molar refractivity (Wildman–Crippen MR) is 83.9 cm³/mol. The van der Waals surface area contributed by atoms with Crippen molar-refractivity contribution in [3.05, 3.63) is 33.3 Å². The fourth-order valence-electron chi connectivity index (χ4n) is 3.66. The molecule has 2 fully saturated rings. The van der Waals surface area contributed by atoms with Gasteiger partial charge in [-0.25, -0.2) is 0 Å². The summed E-state index contributed by atoms with van der Waals surface area (Å²) in [5.41, 5.74) is 0.760. The Labute approximate surface area is 129 Å². The molecule has 3 unspecified atom stereocenters. The van der Waals surface area contributed by atoms with Gasteiger partial charge in [0.25, 0.3) is 5.69 Å². The number of anilines is 1. The summed E-state index contributed by atoms with van der Waals surface area (Å²) in [6.45, 7) is 1.10. The second-order valence-corrected chi connectivity index (χ2v) is 6.38. The van der Waals surface area contributed by atoms with Gasteiger partial charge in [0.2, 0.25) is 0 Å². The number of non-ortho nitro benzene ring substituents is 1. The van der Waals surface area contributed by atoms with Gasteiger partial charge in [0.15, 0.2) is 0 Å². The zero-order valence-corrected chi connectivity index (χ0v) is 12.6. The molecule has 114 valence electrons. The number of rotatable bonds is 4. The Hall–Kier alpha value is -1.33. The van der Waals surface area contributed by atoms with Crippen LogP contribution in [0.2, 0.25) is 5.02 Å². The number of nitro benzene ring substituents is 1. The van der Waals surface area contributed by atoms with Crippen LogP contribution in [0.4, 0.5) is 11.4 Å². The first-order valence-corrected chi connectivity index (χ1v) is 7.97. The van der Waals surface area contributed by atoms with E-state index < -0.39 is 0 Å². The van der Waals surface area contributed by atoms with Crippen LogP contribution in [0.5, 0.6) is 0 Å². The topological polar surface area (TPSA) is 67.2 Å². The van der Waals surface area contributed by atoms with E-state index in [-0.39, 0.29) is 10.6 Å². The van der Waals surface area contributed by atoms with Crippen LogP contribution in [0.3, 0.4) is 0 Å². The quantitative estimate of drug-likeness (QED) is 0.659. The van der Waals surface area contributed by atoms with Crippen molar-refractivity contribution in [3.63, 3.8) is 0 Å². The monoisotopic (exact) mass is 309 g/mol. The summed E-state index contributed by atoms with van der Waals surface area (Å²) in [7, 11) is 0. The molecule has 6 heteroatoms. The summed E-state index contributed by atoms with van der Waals surface area (Å²) in [6.07, 6.45) is 5.98. The van der Waals surface area contributed by atoms with Gasteiger partial charge in [0.1, 0.15) is 0 Å². The molecule has 0 bridgehead atoms. The highest BCUT2D eigenvalue weighted by atomic mass is 35.5. The van der Waals surface area contributed by atoms with Gasteiger partial charge < -0.3 is 10.6 Å². The van der Waals surface area contributed by atoms with Gasteiger partial charge in [-0.2, -0.15) is 0 Å². The van der Waals surface area contributed by atoms with Gasteiger partial charge in [0, 0.05) is 24.2 Å². The fourth-order valence-corrected chi connectivity index (χ4v) is 3.84. The molecule has 3 atom stereocenters. The Morgan fingerprint density at radius 3 is 2.86 bits per heavy atom. The molecule has 1 aromatic rings. The maximum Gasteiger partial charge on any atom is 0.271 e. The second-order valence-electron chi connectivity index (χ2n) is 5.97. The number of nitrogens with one attached hydrogen (secondary N) is 2. The molecule has 1 saturated carbocycles. The normalized spacial score (nSPS) is 28.7. The summed E-state index contributed by atoms with van der Waals surface area (Å²) in [4.78, 5) is 10.5. The van der Waals surface area contributed by atoms with E-state index in [4.69, 9.17) is 11.6 Å². The molecule has 0 radical (unpaired) electrons. The Morgan fingerprint density at radius 2 is 2.14 bits per heavy atom. The first-order chi connectivity index (χ1) is 10.1. The van der Waals surface area contributed by atoms with Gasteiger partial charge in [-0.05, 0) is 44.2 Å². The zero-order valence-electron chi connectivity index (χ0n) is 11.8. The van der Waals surface area contributed by atoms with Crippen LogP contribution >= 0.6 is 11.6 Å². The largest absolute Gasteiger partial charge is 0.381 e. The van der Waals surface area contributed by atoms with E-state index in [0.717, 1.165) is 13.0 Å². The Morgan fingerprint density at radius 1 is 1.29 bits per heavy atom. The Bertz CT molecular complexity index is 532. The van der Waals surface area contributed by atoms with Crippen molar-refractivity contribution in [2.24, 2.45) is 5.92 Å². The molecule has 1 aliphatic carbocycles. The third-order valence-electron chi connectivity index (χ3n) is 4.69. The number of hydrogen-bond acceptors (Lipinski definition) is 4. The molecular weight excluding hydrogens is 290 g/mol. The summed E-state index contributed by atoms with van der Waals surface area (Å²) in [5, 5.41) is 18.5. The standard InChI is InChI=1S/C15H20ClN3O2/c16-12-7-6-10(19(20)21)9-15(12)18-14-4-1-3-11(14)13-5-2-8-17-13/h6-7,9,11,13-14,17-18H,1-5,8H2. The van der Waals surface area contributed by atoms with Crippen molar-refractivity contribution in [2.45, 2.75) is 44.2 Å². The lowest BCUT2D eigenvalue weighted by molar-refractivity contribution is -0.384. The van der Waals surface area contributed by atoms with E-state index in [9.17, 15) is 10.1 Å². The SMILES string of the molecule is O=[N+]([O-])c1ccc(Cl)c(NC2CCCC2C2CCCN2)c1. The number of nitro groups is 1. The number of nitrogens with zero attached hydrogens (tertiary/aromatic N) is 1. The molecule has 3 rings (SSSR count). The number of halogens is 1. The molecule has 0 amide bonds. The van der Waals surface area contributed by atoms with Crippen LogP contribution in [0, 0.1) is 16.0 Å². The molecular formula is C15H20ClN3O2. The van der Waals surface area contributed by atoms with Crippen LogP contribution in [-0.4, -0.2) is 23.6 Å². The van der Waals surface area contributed by atoms with Gasteiger partial charge in [-0.3, -0.25) is 10.1 Å². The smallest absolute Gasteiger partial charge is 0.271 e. The summed E-state index contributed by atoms with van der Waals surface area (Å²) >= 11 is 6.19. The molecule has 5 nitrogen and oxygen atoms in total. The minimum absolute atomic E-state index is 0.0791. The van der Waals surface area contributed by atoms with Crippen LogP contribution in [0.1, 0.15) is 32.1 Å². The summed E-state index contributed by atoms with van der Waals surface area (Å²) in [6, 6.07) is 5.50. The van der Waals surface area contributed by atoms with Crippen molar-refractivity contribution in [1.82, 2.24) is 5.32 Å². The van der Waals surface area contributed by atoms with Gasteiger partial charge in [0.05, 0.1) is 15.6 Å². The lowest BCUT2D eigenvalue weighted by atomic mass is 9.93. The van der Waals surface area contributed by atoms with Gasteiger partial charge in [-0.1, -0.05) is 18.0 Å². The Balaban J connectivity index is 1.75. The second kappa shape index (κ2) is 6.20.